The van der Waals surface area contributed by atoms with Gasteiger partial charge in [0.2, 0.25) is 0 Å². The summed E-state index contributed by atoms with van der Waals surface area (Å²) < 4.78 is 2.39. The van der Waals surface area contributed by atoms with Crippen LogP contribution in [0.1, 0.15) is 43.6 Å². The minimum Gasteiger partial charge on any atom is -0.309 e. The first-order valence-electron chi connectivity index (χ1n) is 24.4. The zero-order valence-corrected chi connectivity index (χ0v) is 38.0. The van der Waals surface area contributed by atoms with Crippen LogP contribution in [0.2, 0.25) is 0 Å². The van der Waals surface area contributed by atoms with Gasteiger partial charge in [0, 0.05) is 33.3 Å². The third-order valence-corrected chi connectivity index (χ3v) is 14.8. The molecule has 1 fully saturated rings. The van der Waals surface area contributed by atoms with Gasteiger partial charge in [-0.1, -0.05) is 201 Å². The van der Waals surface area contributed by atoms with Gasteiger partial charge in [-0.05, 0) is 133 Å². The summed E-state index contributed by atoms with van der Waals surface area (Å²) in [6.45, 7) is 0. The van der Waals surface area contributed by atoms with E-state index in [-0.39, 0.29) is 0 Å². The molecule has 0 aliphatic heterocycles. The fourth-order valence-electron chi connectivity index (χ4n) is 11.6. The maximum Gasteiger partial charge on any atom is 0.0541 e. The minimum atomic E-state index is 0.571. The smallest absolute Gasteiger partial charge is 0.0541 e. The highest BCUT2D eigenvalue weighted by atomic mass is 15.1. The fraction of sp³-hybridized carbons (Fsp3) is 0.0909. The molecule has 2 nitrogen and oxygen atoms in total. The molecule has 68 heavy (non-hydrogen) atoms. The highest BCUT2D eigenvalue weighted by Crippen LogP contribution is 2.49. The lowest BCUT2D eigenvalue weighted by molar-refractivity contribution is 0.445. The Labute approximate surface area is 398 Å². The van der Waals surface area contributed by atoms with E-state index in [0.29, 0.717) is 5.92 Å². The summed E-state index contributed by atoms with van der Waals surface area (Å²) in [5, 5.41) is 10.2. The van der Waals surface area contributed by atoms with Gasteiger partial charge in [0.15, 0.2) is 0 Å². The lowest BCUT2D eigenvalue weighted by atomic mass is 9.80. The molecule has 324 valence electrons. The Kier molecular flexibility index (Phi) is 9.97. The monoisotopic (exact) mass is 870 g/mol. The van der Waals surface area contributed by atoms with Crippen LogP contribution < -0.4 is 4.90 Å². The van der Waals surface area contributed by atoms with E-state index in [9.17, 15) is 0 Å². The highest BCUT2D eigenvalue weighted by molar-refractivity contribution is 6.14. The minimum absolute atomic E-state index is 0.571. The SMILES string of the molecule is c1ccc(-n2c3ccccc3c3cc(-c4ccc(N(c5ccccc5-c5cccc6c5ccc5ccccc56)c5ccccc5-c5cccc6cccc(C7CCCCC7)c56)cc4)ccc32)cc1. The van der Waals surface area contributed by atoms with E-state index in [1.165, 1.54) is 131 Å². The molecule has 13 rings (SSSR count). The lowest BCUT2D eigenvalue weighted by Crippen LogP contribution is -2.12. The first kappa shape index (κ1) is 40.1. The van der Waals surface area contributed by atoms with Crippen molar-refractivity contribution in [1.82, 2.24) is 4.57 Å². The summed E-state index contributed by atoms with van der Waals surface area (Å²) in [6, 6.07) is 87.9. The molecule has 1 aromatic heterocycles. The van der Waals surface area contributed by atoms with E-state index in [1.54, 1.807) is 0 Å². The molecular formula is C66H50N2. The number of aromatic nitrogens is 1. The van der Waals surface area contributed by atoms with Crippen LogP contribution >= 0.6 is 0 Å². The van der Waals surface area contributed by atoms with E-state index in [0.717, 1.165) is 17.1 Å². The zero-order chi connectivity index (χ0) is 45.0. The predicted molar refractivity (Wildman–Crippen MR) is 290 cm³/mol. The predicted octanol–water partition coefficient (Wildman–Crippen LogP) is 18.8. The molecule has 1 heterocycles. The molecule has 0 atom stereocenters. The van der Waals surface area contributed by atoms with Gasteiger partial charge in [0.05, 0.1) is 22.4 Å². The van der Waals surface area contributed by atoms with Crippen LogP contribution in [0, 0.1) is 0 Å². The van der Waals surface area contributed by atoms with Crippen LogP contribution in [0.4, 0.5) is 17.1 Å². The molecule has 1 aliphatic rings. The molecule has 11 aromatic carbocycles. The average Bonchev–Trinajstić information content (AvgIpc) is 3.75. The summed E-state index contributed by atoms with van der Waals surface area (Å²) in [5.41, 5.74) is 15.8. The van der Waals surface area contributed by atoms with Gasteiger partial charge >= 0.3 is 0 Å². The second-order valence-corrected chi connectivity index (χ2v) is 18.6. The highest BCUT2D eigenvalue weighted by Gasteiger charge is 2.25. The summed E-state index contributed by atoms with van der Waals surface area (Å²) in [7, 11) is 0. The van der Waals surface area contributed by atoms with Crippen molar-refractivity contribution in [3.63, 3.8) is 0 Å². The largest absolute Gasteiger partial charge is 0.309 e. The Bertz CT molecular complexity index is 3830. The maximum atomic E-state index is 2.52. The van der Waals surface area contributed by atoms with E-state index >= 15 is 0 Å². The standard InChI is InChI=1S/C66H50N2/c1-3-18-46(19-4-1)53-29-15-21-48-22-16-32-60(66(48)53)58-27-10-13-34-63(58)68(62-33-12-9-26-57(62)55-31-17-30-54-52-25-8-7-20-47(52)38-42-56(54)55)51-40-36-45(37-41-51)49-39-43-65-61(44-49)59-28-11-14-35-64(59)67(65)50-23-5-2-6-24-50/h2,5-17,20-44,46H,1,3-4,18-19H2. The zero-order valence-electron chi connectivity index (χ0n) is 38.0. The quantitative estimate of drug-likeness (QED) is 0.138. The Balaban J connectivity index is 1.00. The average molecular weight is 871 g/mol. The Hall–Kier alpha value is -8.20. The number of nitrogens with zero attached hydrogens (tertiary/aromatic N) is 2. The van der Waals surface area contributed by atoms with Crippen molar-refractivity contribution in [2.45, 2.75) is 38.0 Å². The van der Waals surface area contributed by atoms with Gasteiger partial charge in [-0.15, -0.1) is 0 Å². The second-order valence-electron chi connectivity index (χ2n) is 18.6. The van der Waals surface area contributed by atoms with Crippen molar-refractivity contribution < 1.29 is 0 Å². The van der Waals surface area contributed by atoms with Gasteiger partial charge in [-0.2, -0.15) is 0 Å². The summed E-state index contributed by atoms with van der Waals surface area (Å²) in [4.78, 5) is 2.52. The number of fused-ring (bicyclic) bond motifs is 7. The van der Waals surface area contributed by atoms with Crippen molar-refractivity contribution in [3.8, 4) is 39.1 Å². The molecule has 1 saturated carbocycles. The molecule has 2 heteroatoms. The molecule has 0 saturated heterocycles. The molecule has 0 amide bonds. The van der Waals surface area contributed by atoms with Crippen LogP contribution in [-0.4, -0.2) is 4.57 Å². The van der Waals surface area contributed by atoms with Gasteiger partial charge < -0.3 is 9.47 Å². The van der Waals surface area contributed by atoms with Crippen molar-refractivity contribution in [2.75, 3.05) is 4.90 Å². The van der Waals surface area contributed by atoms with Crippen molar-refractivity contribution in [1.29, 1.82) is 0 Å². The molecule has 1 aliphatic carbocycles. The van der Waals surface area contributed by atoms with E-state index in [4.69, 9.17) is 0 Å². The third kappa shape index (κ3) is 6.78. The number of rotatable bonds is 8. The number of anilines is 3. The van der Waals surface area contributed by atoms with Crippen molar-refractivity contribution in [2.24, 2.45) is 0 Å². The lowest BCUT2D eigenvalue weighted by Gasteiger charge is -2.31. The van der Waals surface area contributed by atoms with Crippen LogP contribution in [-0.2, 0) is 0 Å². The van der Waals surface area contributed by atoms with E-state index in [1.807, 2.05) is 0 Å². The third-order valence-electron chi connectivity index (χ3n) is 14.8. The maximum absolute atomic E-state index is 2.52. The van der Waals surface area contributed by atoms with Crippen molar-refractivity contribution >= 4 is 71.2 Å². The summed E-state index contributed by atoms with van der Waals surface area (Å²) in [6.07, 6.45) is 6.45. The Morgan fingerprint density at radius 2 is 0.941 bits per heavy atom. The van der Waals surface area contributed by atoms with Crippen LogP contribution in [0.5, 0.6) is 0 Å². The topological polar surface area (TPSA) is 8.17 Å². The van der Waals surface area contributed by atoms with E-state index in [2.05, 4.69) is 246 Å². The summed E-state index contributed by atoms with van der Waals surface area (Å²) >= 11 is 0. The second kappa shape index (κ2) is 16.9. The molecule has 0 N–H and O–H groups in total. The molecule has 0 bridgehead atoms. The van der Waals surface area contributed by atoms with Gasteiger partial charge in [0.25, 0.3) is 0 Å². The first-order chi connectivity index (χ1) is 33.8. The molecular weight excluding hydrogens is 821 g/mol. The number of hydrogen-bond acceptors (Lipinski definition) is 1. The fourth-order valence-corrected chi connectivity index (χ4v) is 11.6. The normalized spacial score (nSPS) is 13.2. The van der Waals surface area contributed by atoms with Crippen molar-refractivity contribution in [3.05, 3.63) is 242 Å². The van der Waals surface area contributed by atoms with Crippen LogP contribution in [0.25, 0.3) is 93.2 Å². The van der Waals surface area contributed by atoms with Crippen LogP contribution in [0.15, 0.2) is 237 Å². The van der Waals surface area contributed by atoms with Gasteiger partial charge in [0.1, 0.15) is 0 Å². The van der Waals surface area contributed by atoms with Gasteiger partial charge in [-0.3, -0.25) is 0 Å². The number of para-hydroxylation sites is 4. The van der Waals surface area contributed by atoms with Crippen LogP contribution in [0.3, 0.4) is 0 Å². The number of hydrogen-bond donors (Lipinski definition) is 0. The Morgan fingerprint density at radius 3 is 1.75 bits per heavy atom. The molecule has 0 radical (unpaired) electrons. The molecule has 0 unspecified atom stereocenters. The van der Waals surface area contributed by atoms with E-state index < -0.39 is 0 Å². The molecule has 12 aromatic rings. The van der Waals surface area contributed by atoms with Gasteiger partial charge in [-0.25, -0.2) is 0 Å². The number of benzene rings is 11. The first-order valence-corrected chi connectivity index (χ1v) is 24.4. The Morgan fingerprint density at radius 1 is 0.353 bits per heavy atom. The molecule has 0 spiro atoms. The summed E-state index contributed by atoms with van der Waals surface area (Å²) in [5.74, 6) is 0.571.